The third-order valence-corrected chi connectivity index (χ3v) is 4.87. The molecule has 0 radical (unpaired) electrons. The lowest BCUT2D eigenvalue weighted by Gasteiger charge is -2.12. The van der Waals surface area contributed by atoms with Gasteiger partial charge in [-0.1, -0.05) is 30.3 Å². The number of fused-ring (bicyclic) bond motifs is 1. The molecule has 0 saturated heterocycles. The number of amides is 1. The van der Waals surface area contributed by atoms with Crippen LogP contribution in [-0.4, -0.2) is 40.3 Å². The summed E-state index contributed by atoms with van der Waals surface area (Å²) in [7, 11) is 3.27. The van der Waals surface area contributed by atoms with E-state index in [1.54, 1.807) is 26.4 Å². The van der Waals surface area contributed by atoms with Gasteiger partial charge in [-0.05, 0) is 17.7 Å². The van der Waals surface area contributed by atoms with Crippen molar-refractivity contribution in [1.29, 1.82) is 0 Å². The van der Waals surface area contributed by atoms with Crippen LogP contribution in [0.15, 0.2) is 48.7 Å². The topological polar surface area (TPSA) is 86.1 Å². The maximum atomic E-state index is 12.9. The van der Waals surface area contributed by atoms with Gasteiger partial charge >= 0.3 is 0 Å². The number of nitrogens with one attached hydrogen (secondary N) is 1. The van der Waals surface area contributed by atoms with Gasteiger partial charge in [0.25, 0.3) is 5.91 Å². The summed E-state index contributed by atoms with van der Waals surface area (Å²) in [6.45, 7) is 0.436. The highest BCUT2D eigenvalue weighted by Gasteiger charge is 2.31. The summed E-state index contributed by atoms with van der Waals surface area (Å²) >= 11 is 0. The van der Waals surface area contributed by atoms with Crippen LogP contribution in [0.3, 0.4) is 0 Å². The maximum Gasteiger partial charge on any atom is 0.254 e. The van der Waals surface area contributed by atoms with E-state index >= 15 is 0 Å². The molecule has 3 aromatic rings. The molecule has 1 atom stereocenters. The normalized spacial score (nSPS) is 15.0. The number of carbonyl (C=O) groups is 2. The fourth-order valence-electron chi connectivity index (χ4n) is 3.49. The second-order valence-electron chi connectivity index (χ2n) is 6.72. The van der Waals surface area contributed by atoms with Crippen molar-refractivity contribution < 1.29 is 14.3 Å². The minimum Gasteiger partial charge on any atom is -0.491 e. The molecule has 0 saturated carbocycles. The van der Waals surface area contributed by atoms with Gasteiger partial charge < -0.3 is 10.1 Å². The predicted molar refractivity (Wildman–Crippen MR) is 103 cm³/mol. The highest BCUT2D eigenvalue weighted by molar-refractivity contribution is 6.03. The Balaban J connectivity index is 1.76. The quantitative estimate of drug-likeness (QED) is 0.690. The minimum absolute atomic E-state index is 0.0242. The summed E-state index contributed by atoms with van der Waals surface area (Å²) in [4.78, 5) is 26.7. The van der Waals surface area contributed by atoms with Crippen LogP contribution in [0.1, 0.15) is 43.5 Å². The van der Waals surface area contributed by atoms with Gasteiger partial charge in [0.2, 0.25) is 0 Å². The fraction of sp³-hybridized carbons (Fsp3) is 0.238. The zero-order valence-corrected chi connectivity index (χ0v) is 15.7. The average Bonchev–Trinajstić information content (AvgIpc) is 3.33. The molecule has 2 aromatic carbocycles. The van der Waals surface area contributed by atoms with Crippen molar-refractivity contribution in [2.45, 2.75) is 12.3 Å². The van der Waals surface area contributed by atoms with Crippen LogP contribution in [0.5, 0.6) is 5.75 Å². The molecule has 0 unspecified atom stereocenters. The number of hydrogen-bond donors (Lipinski definition) is 1. The second kappa shape index (κ2) is 7.26. The Kier molecular flexibility index (Phi) is 4.65. The Hall–Kier alpha value is -3.48. The number of carbonyl (C=O) groups excluding carboxylic acids is 2. The average molecular weight is 376 g/mol. The molecule has 1 aromatic heterocycles. The number of aryl methyl sites for hydroxylation is 1. The van der Waals surface area contributed by atoms with E-state index in [9.17, 15) is 9.59 Å². The summed E-state index contributed by atoms with van der Waals surface area (Å²) in [5, 5.41) is 10.8. The van der Waals surface area contributed by atoms with Crippen LogP contribution >= 0.6 is 0 Å². The lowest BCUT2D eigenvalue weighted by Crippen LogP contribution is -2.19. The Labute approximate surface area is 162 Å². The molecule has 7 nitrogen and oxygen atoms in total. The van der Waals surface area contributed by atoms with Crippen LogP contribution in [0.4, 0.5) is 0 Å². The lowest BCUT2D eigenvalue weighted by molar-refractivity contribution is 0.0960. The van der Waals surface area contributed by atoms with Gasteiger partial charge in [0.05, 0.1) is 30.5 Å². The Morgan fingerprint density at radius 1 is 1.25 bits per heavy atom. The number of ketones is 1. The molecule has 28 heavy (non-hydrogen) atoms. The van der Waals surface area contributed by atoms with Gasteiger partial charge in [-0.25, -0.2) is 0 Å². The number of rotatable bonds is 5. The zero-order valence-electron chi connectivity index (χ0n) is 15.7. The molecule has 4 rings (SSSR count). The van der Waals surface area contributed by atoms with Crippen molar-refractivity contribution in [2.75, 3.05) is 13.7 Å². The Morgan fingerprint density at radius 3 is 2.71 bits per heavy atom. The number of Topliss-reactive ketones (excluding diaryl/α,β-unsaturated/α-hetero) is 1. The predicted octanol–water partition coefficient (Wildman–Crippen LogP) is 2.12. The summed E-state index contributed by atoms with van der Waals surface area (Å²) in [6, 6.07) is 13.4. The van der Waals surface area contributed by atoms with Crippen LogP contribution < -0.4 is 10.1 Å². The molecular weight excluding hydrogens is 356 g/mol. The molecule has 0 bridgehead atoms. The molecule has 0 fully saturated rings. The van der Waals surface area contributed by atoms with Gasteiger partial charge in [-0.15, -0.1) is 0 Å². The number of aromatic nitrogens is 3. The van der Waals surface area contributed by atoms with E-state index in [2.05, 4.69) is 15.5 Å². The van der Waals surface area contributed by atoms with Gasteiger partial charge in [-0.2, -0.15) is 15.0 Å². The van der Waals surface area contributed by atoms with E-state index in [0.29, 0.717) is 29.2 Å². The minimum atomic E-state index is -0.279. The van der Waals surface area contributed by atoms with Crippen molar-refractivity contribution in [2.24, 2.45) is 7.05 Å². The van der Waals surface area contributed by atoms with Crippen molar-refractivity contribution in [3.05, 3.63) is 76.6 Å². The van der Waals surface area contributed by atoms with E-state index in [0.717, 1.165) is 11.1 Å². The van der Waals surface area contributed by atoms with Gasteiger partial charge in [-0.3, -0.25) is 9.59 Å². The van der Waals surface area contributed by atoms with E-state index in [1.165, 1.54) is 4.80 Å². The lowest BCUT2D eigenvalue weighted by atomic mass is 9.89. The number of hydrogen-bond acceptors (Lipinski definition) is 5. The largest absolute Gasteiger partial charge is 0.491 e. The van der Waals surface area contributed by atoms with Crippen LogP contribution in [0.25, 0.3) is 0 Å². The number of nitrogens with zero attached hydrogens (tertiary/aromatic N) is 3. The molecule has 1 aliphatic rings. The van der Waals surface area contributed by atoms with Crippen molar-refractivity contribution in [1.82, 2.24) is 20.3 Å². The molecule has 142 valence electrons. The molecule has 2 heterocycles. The first-order chi connectivity index (χ1) is 13.6. The number of benzene rings is 2. The third-order valence-electron chi connectivity index (χ3n) is 4.87. The smallest absolute Gasteiger partial charge is 0.254 e. The molecular formula is C21H20N4O3. The molecule has 1 aliphatic heterocycles. The number of ether oxygens (including phenoxy) is 1. The first-order valence-corrected chi connectivity index (χ1v) is 9.03. The Morgan fingerprint density at radius 2 is 2.04 bits per heavy atom. The highest BCUT2D eigenvalue weighted by atomic mass is 16.5. The van der Waals surface area contributed by atoms with Crippen LogP contribution in [0.2, 0.25) is 0 Å². The summed E-state index contributed by atoms with van der Waals surface area (Å²) in [6.07, 6.45) is 1.69. The third kappa shape index (κ3) is 3.26. The highest BCUT2D eigenvalue weighted by Crippen LogP contribution is 2.41. The van der Waals surface area contributed by atoms with Crippen molar-refractivity contribution in [3.8, 4) is 5.75 Å². The maximum absolute atomic E-state index is 12.9. The summed E-state index contributed by atoms with van der Waals surface area (Å²) in [5.74, 6) is 0.124. The molecule has 7 heteroatoms. The van der Waals surface area contributed by atoms with E-state index in [4.69, 9.17) is 4.74 Å². The van der Waals surface area contributed by atoms with E-state index < -0.39 is 0 Å². The Bertz CT molecular complexity index is 1040. The molecule has 1 amide bonds. The molecule has 0 spiro atoms. The summed E-state index contributed by atoms with van der Waals surface area (Å²) < 4.78 is 5.88. The first kappa shape index (κ1) is 17.9. The van der Waals surface area contributed by atoms with Crippen LogP contribution in [0, 0.1) is 0 Å². The van der Waals surface area contributed by atoms with E-state index in [1.807, 2.05) is 36.4 Å². The first-order valence-electron chi connectivity index (χ1n) is 9.03. The SMILES string of the molecule is CNC(=O)c1cc(C(=O)Cc2cnn(C)n2)cc2c1OC[C@H]2c1ccccc1. The monoisotopic (exact) mass is 376 g/mol. The van der Waals surface area contributed by atoms with Gasteiger partial charge in [0.1, 0.15) is 5.75 Å². The summed E-state index contributed by atoms with van der Waals surface area (Å²) in [5.41, 5.74) is 3.37. The van der Waals surface area contributed by atoms with E-state index in [-0.39, 0.29) is 24.0 Å². The zero-order chi connectivity index (χ0) is 19.7. The van der Waals surface area contributed by atoms with Gasteiger partial charge in [0.15, 0.2) is 5.78 Å². The standard InChI is InChI=1S/C21H20N4O3/c1-22-21(27)17-9-14(19(26)10-15-11-23-25(2)24-15)8-16-18(12-28-20(16)17)13-6-4-3-5-7-13/h3-9,11,18H,10,12H2,1-2H3,(H,22,27)/t18-/m0/s1. The fourth-order valence-corrected chi connectivity index (χ4v) is 3.49. The van der Waals surface area contributed by atoms with Crippen molar-refractivity contribution in [3.63, 3.8) is 0 Å². The molecule has 1 N–H and O–H groups in total. The van der Waals surface area contributed by atoms with Crippen molar-refractivity contribution >= 4 is 11.7 Å². The molecule has 0 aliphatic carbocycles. The van der Waals surface area contributed by atoms with Gasteiger partial charge in [0, 0.05) is 31.1 Å². The van der Waals surface area contributed by atoms with Crippen LogP contribution in [-0.2, 0) is 13.5 Å². The second-order valence-corrected chi connectivity index (χ2v) is 6.72.